The molecular formula is C19H20F3N2. The van der Waals surface area contributed by atoms with Gasteiger partial charge in [0.05, 0.1) is 11.3 Å². The van der Waals surface area contributed by atoms with Crippen LogP contribution in [0.4, 0.5) is 19.0 Å². The van der Waals surface area contributed by atoms with Crippen molar-refractivity contribution in [3.8, 4) is 11.3 Å². The average Bonchev–Trinajstić information content (AvgIpc) is 2.54. The molecule has 1 aromatic heterocycles. The summed E-state index contributed by atoms with van der Waals surface area (Å²) in [5.74, 6) is 2.19. The molecule has 2 aromatic rings. The normalized spacial score (nSPS) is 14.8. The molecule has 1 radical (unpaired) electrons. The zero-order valence-corrected chi connectivity index (χ0v) is 13.8. The van der Waals surface area contributed by atoms with Crippen LogP contribution < -0.4 is 4.90 Å². The quantitative estimate of drug-likeness (QED) is 0.774. The van der Waals surface area contributed by atoms with Crippen LogP contribution >= 0.6 is 0 Å². The highest BCUT2D eigenvalue weighted by molar-refractivity contribution is 5.65. The molecule has 0 fully saturated rings. The van der Waals surface area contributed by atoms with Gasteiger partial charge in [-0.3, -0.25) is 0 Å². The molecule has 127 valence electrons. The number of fused-ring (bicyclic) bond motifs is 1. The molecule has 0 unspecified atom stereocenters. The Balaban J connectivity index is 1.99. The number of nitrogens with zero attached hydrogens (tertiary/aromatic N) is 2. The van der Waals surface area contributed by atoms with Crippen molar-refractivity contribution in [2.75, 3.05) is 18.0 Å². The summed E-state index contributed by atoms with van der Waals surface area (Å²) < 4.78 is 38.8. The molecule has 0 saturated carbocycles. The number of aromatic nitrogens is 1. The first-order valence-corrected chi connectivity index (χ1v) is 8.06. The van der Waals surface area contributed by atoms with Gasteiger partial charge in [-0.05, 0) is 42.5 Å². The van der Waals surface area contributed by atoms with E-state index >= 15 is 0 Å². The van der Waals surface area contributed by atoms with E-state index in [1.807, 2.05) is 12.1 Å². The first kappa shape index (κ1) is 16.8. The van der Waals surface area contributed by atoms with Gasteiger partial charge in [-0.1, -0.05) is 32.0 Å². The Bertz CT molecular complexity index is 723. The largest absolute Gasteiger partial charge is 0.416 e. The highest BCUT2D eigenvalue weighted by Crippen LogP contribution is 2.33. The van der Waals surface area contributed by atoms with Crippen LogP contribution in [0.3, 0.4) is 0 Å². The Morgan fingerprint density at radius 1 is 1.17 bits per heavy atom. The van der Waals surface area contributed by atoms with Crippen LogP contribution in [0.15, 0.2) is 36.4 Å². The smallest absolute Gasteiger partial charge is 0.356 e. The maximum Gasteiger partial charge on any atom is 0.416 e. The average molecular weight is 333 g/mol. The summed E-state index contributed by atoms with van der Waals surface area (Å²) >= 11 is 0. The fourth-order valence-corrected chi connectivity index (χ4v) is 3.06. The summed E-state index contributed by atoms with van der Waals surface area (Å²) in [7, 11) is 0. The molecule has 3 rings (SSSR count). The van der Waals surface area contributed by atoms with Crippen LogP contribution in [0, 0.1) is 5.92 Å². The van der Waals surface area contributed by atoms with Gasteiger partial charge in [-0.2, -0.15) is 13.2 Å². The van der Waals surface area contributed by atoms with Crippen molar-refractivity contribution in [1.29, 1.82) is 0 Å². The summed E-state index contributed by atoms with van der Waals surface area (Å²) in [6.07, 6.45) is -2.31. The van der Waals surface area contributed by atoms with Crippen molar-refractivity contribution in [2.45, 2.75) is 32.9 Å². The predicted molar refractivity (Wildman–Crippen MR) is 89.8 cm³/mol. The molecule has 2 heterocycles. The molecule has 24 heavy (non-hydrogen) atoms. The lowest BCUT2D eigenvalue weighted by Crippen LogP contribution is -2.33. The molecule has 1 aromatic carbocycles. The van der Waals surface area contributed by atoms with Crippen LogP contribution in [0.25, 0.3) is 11.3 Å². The van der Waals surface area contributed by atoms with Crippen LogP contribution in [-0.4, -0.2) is 18.1 Å². The second kappa shape index (κ2) is 6.46. The molecule has 0 saturated heterocycles. The van der Waals surface area contributed by atoms with Crippen LogP contribution in [0.2, 0.25) is 0 Å². The van der Waals surface area contributed by atoms with E-state index in [1.165, 1.54) is 23.6 Å². The van der Waals surface area contributed by atoms with Crippen molar-refractivity contribution in [1.82, 2.24) is 4.98 Å². The van der Waals surface area contributed by atoms with Gasteiger partial charge in [0.25, 0.3) is 0 Å². The first-order valence-electron chi connectivity index (χ1n) is 8.06. The van der Waals surface area contributed by atoms with Gasteiger partial charge in [-0.25, -0.2) is 4.98 Å². The van der Waals surface area contributed by atoms with Crippen molar-refractivity contribution >= 4 is 5.82 Å². The van der Waals surface area contributed by atoms with Crippen LogP contribution in [0.5, 0.6) is 0 Å². The van der Waals surface area contributed by atoms with E-state index in [9.17, 15) is 13.2 Å². The van der Waals surface area contributed by atoms with E-state index in [2.05, 4.69) is 23.7 Å². The molecule has 0 atom stereocenters. The molecular weight excluding hydrogens is 313 g/mol. The van der Waals surface area contributed by atoms with Crippen LogP contribution in [-0.2, 0) is 12.6 Å². The lowest BCUT2D eigenvalue weighted by Gasteiger charge is -2.31. The number of halogens is 3. The number of alkyl halides is 3. The third kappa shape index (κ3) is 3.55. The Labute approximate surface area is 140 Å². The second-order valence-electron chi connectivity index (χ2n) is 6.49. The zero-order chi connectivity index (χ0) is 17.3. The zero-order valence-electron chi connectivity index (χ0n) is 13.8. The first-order chi connectivity index (χ1) is 11.3. The monoisotopic (exact) mass is 333 g/mol. The van der Waals surface area contributed by atoms with E-state index in [1.54, 1.807) is 6.07 Å². The molecule has 0 spiro atoms. The molecule has 0 amide bonds. The van der Waals surface area contributed by atoms with Gasteiger partial charge < -0.3 is 4.90 Å². The molecule has 0 bridgehead atoms. The van der Waals surface area contributed by atoms with Crippen molar-refractivity contribution in [2.24, 2.45) is 0 Å². The lowest BCUT2D eigenvalue weighted by atomic mass is 10.0. The number of aryl methyl sites for hydroxylation is 1. The van der Waals surface area contributed by atoms with Gasteiger partial charge in [0, 0.05) is 18.7 Å². The van der Waals surface area contributed by atoms with Gasteiger partial charge >= 0.3 is 6.18 Å². The number of anilines is 1. The molecule has 1 aliphatic rings. The summed E-state index contributed by atoms with van der Waals surface area (Å²) in [4.78, 5) is 6.90. The fraction of sp³-hybridized carbons (Fsp3) is 0.368. The van der Waals surface area contributed by atoms with E-state index < -0.39 is 11.7 Å². The van der Waals surface area contributed by atoms with E-state index in [4.69, 9.17) is 0 Å². The predicted octanol–water partition coefficient (Wildman–Crippen LogP) is 5.13. The maximum atomic E-state index is 12.9. The summed E-state index contributed by atoms with van der Waals surface area (Å²) in [5, 5.41) is 0. The topological polar surface area (TPSA) is 16.1 Å². The third-order valence-electron chi connectivity index (χ3n) is 4.12. The maximum absolute atomic E-state index is 12.9. The van der Waals surface area contributed by atoms with Crippen molar-refractivity contribution < 1.29 is 13.2 Å². The molecule has 2 nitrogen and oxygen atoms in total. The fourth-order valence-electron chi connectivity index (χ4n) is 3.06. The Hall–Kier alpha value is -2.04. The van der Waals surface area contributed by atoms with Gasteiger partial charge in [0.15, 0.2) is 0 Å². The number of pyridine rings is 1. The Morgan fingerprint density at radius 3 is 2.67 bits per heavy atom. The summed E-state index contributed by atoms with van der Waals surface area (Å²) in [6.45, 7) is 5.90. The second-order valence-corrected chi connectivity index (χ2v) is 6.49. The van der Waals surface area contributed by atoms with E-state index in [0.717, 1.165) is 37.8 Å². The van der Waals surface area contributed by atoms with E-state index in [0.29, 0.717) is 11.3 Å². The molecule has 0 aliphatic carbocycles. The number of benzene rings is 1. The number of hydrogen-bond donors (Lipinski definition) is 0. The molecule has 1 aliphatic heterocycles. The third-order valence-corrected chi connectivity index (χ3v) is 4.12. The summed E-state index contributed by atoms with van der Waals surface area (Å²) in [6, 6.07) is 9.17. The minimum Gasteiger partial charge on any atom is -0.356 e. The lowest BCUT2D eigenvalue weighted by molar-refractivity contribution is -0.137. The molecule has 5 heteroatoms. The number of hydrogen-bond acceptors (Lipinski definition) is 2. The van der Waals surface area contributed by atoms with E-state index in [-0.39, 0.29) is 0 Å². The van der Waals surface area contributed by atoms with Gasteiger partial charge in [-0.15, -0.1) is 0 Å². The Kier molecular flexibility index (Phi) is 4.52. The van der Waals surface area contributed by atoms with Crippen LogP contribution in [0.1, 0.15) is 31.4 Å². The highest BCUT2D eigenvalue weighted by Gasteiger charge is 2.30. The minimum atomic E-state index is -4.34. The molecule has 0 N–H and O–H groups in total. The summed E-state index contributed by atoms with van der Waals surface area (Å²) in [5.41, 5.74) is 1.60. The van der Waals surface area contributed by atoms with Crippen molar-refractivity contribution in [3.05, 3.63) is 53.4 Å². The number of rotatable bonds is 3. The van der Waals surface area contributed by atoms with Crippen molar-refractivity contribution in [3.63, 3.8) is 0 Å². The Morgan fingerprint density at radius 2 is 1.96 bits per heavy atom. The van der Waals surface area contributed by atoms with Gasteiger partial charge in [0.1, 0.15) is 5.82 Å². The van der Waals surface area contributed by atoms with Gasteiger partial charge in [0.2, 0.25) is 0 Å². The SMILES string of the molecule is C[C](C)CN1CCCc2ccc(-c3cccc(C(F)(F)F)c3)nc21. The minimum absolute atomic E-state index is 0.496. The standard InChI is InChI=1S/C19H20F3N2/c1-13(2)12-24-10-4-6-14-8-9-17(23-18(14)24)15-5-3-7-16(11-15)19(20,21)22/h3,5,7-9,11H,4,6,10,12H2,1-2H3. The highest BCUT2D eigenvalue weighted by atomic mass is 19.4.